The zero-order chi connectivity index (χ0) is 13.0. The molecule has 1 N–H and O–H groups in total. The Morgan fingerprint density at radius 1 is 1.59 bits per heavy atom. The summed E-state index contributed by atoms with van der Waals surface area (Å²) in [6.45, 7) is 1.52. The third kappa shape index (κ3) is 4.03. The minimum atomic E-state index is -0.955. The fourth-order valence-electron chi connectivity index (χ4n) is 1.03. The number of carbonyl (C=O) groups is 1. The van der Waals surface area contributed by atoms with E-state index in [0.29, 0.717) is 4.90 Å². The molecule has 1 atom stereocenters. The van der Waals surface area contributed by atoms with Crippen molar-refractivity contribution < 1.29 is 19.2 Å². The molecule has 0 amide bonds. The predicted octanol–water partition coefficient (Wildman–Crippen LogP) is 2.55. The van der Waals surface area contributed by atoms with Crippen molar-refractivity contribution in [3.05, 3.63) is 34.1 Å². The van der Waals surface area contributed by atoms with Crippen LogP contribution in [0.25, 0.3) is 0 Å². The maximum absolute atomic E-state index is 13.0. The topological polar surface area (TPSA) is 80.4 Å². The SMILES string of the molecule is CC(CSc1cc(F)cc([N+](=O)[O-])c1)C(=O)O. The minimum Gasteiger partial charge on any atom is -0.481 e. The van der Waals surface area contributed by atoms with Gasteiger partial charge in [-0.15, -0.1) is 11.8 Å². The molecule has 7 heteroatoms. The van der Waals surface area contributed by atoms with Gasteiger partial charge in [0, 0.05) is 16.7 Å². The summed E-state index contributed by atoms with van der Waals surface area (Å²) in [5, 5.41) is 19.1. The lowest BCUT2D eigenvalue weighted by molar-refractivity contribution is -0.385. The smallest absolute Gasteiger partial charge is 0.307 e. The number of thioether (sulfide) groups is 1. The second kappa shape index (κ2) is 5.62. The lowest BCUT2D eigenvalue weighted by Gasteiger charge is -2.05. The first-order chi connectivity index (χ1) is 7.90. The summed E-state index contributed by atoms with van der Waals surface area (Å²) >= 11 is 1.08. The predicted molar refractivity (Wildman–Crippen MR) is 60.6 cm³/mol. The van der Waals surface area contributed by atoms with Crippen molar-refractivity contribution in [1.82, 2.24) is 0 Å². The highest BCUT2D eigenvalue weighted by Crippen LogP contribution is 2.26. The number of halogens is 1. The van der Waals surface area contributed by atoms with Crippen LogP contribution < -0.4 is 0 Å². The van der Waals surface area contributed by atoms with Crippen LogP contribution in [0.2, 0.25) is 0 Å². The number of non-ortho nitro benzene ring substituents is 1. The largest absolute Gasteiger partial charge is 0.481 e. The number of carboxylic acid groups (broad SMARTS) is 1. The highest BCUT2D eigenvalue weighted by molar-refractivity contribution is 7.99. The molecular formula is C10H10FNO4S. The van der Waals surface area contributed by atoms with Crippen molar-refractivity contribution in [2.24, 2.45) is 5.92 Å². The van der Waals surface area contributed by atoms with Crippen molar-refractivity contribution in [2.75, 3.05) is 5.75 Å². The number of benzene rings is 1. The number of nitrogens with zero attached hydrogens (tertiary/aromatic N) is 1. The van der Waals surface area contributed by atoms with E-state index in [2.05, 4.69) is 0 Å². The van der Waals surface area contributed by atoms with Gasteiger partial charge in [0.25, 0.3) is 5.69 Å². The van der Waals surface area contributed by atoms with Gasteiger partial charge in [0.2, 0.25) is 0 Å². The average molecular weight is 259 g/mol. The summed E-state index contributed by atoms with van der Waals surface area (Å²) in [5.74, 6) is -2.02. The lowest BCUT2D eigenvalue weighted by Crippen LogP contribution is -2.11. The molecule has 1 unspecified atom stereocenters. The van der Waals surface area contributed by atoms with Crippen LogP contribution in [0.1, 0.15) is 6.92 Å². The Balaban J connectivity index is 2.78. The quantitative estimate of drug-likeness (QED) is 0.499. The molecule has 17 heavy (non-hydrogen) atoms. The van der Waals surface area contributed by atoms with Gasteiger partial charge in [0.1, 0.15) is 5.82 Å². The molecule has 0 aromatic heterocycles. The van der Waals surface area contributed by atoms with E-state index in [9.17, 15) is 19.3 Å². The number of nitro groups is 1. The fraction of sp³-hybridized carbons (Fsp3) is 0.300. The molecule has 5 nitrogen and oxygen atoms in total. The average Bonchev–Trinajstić information content (AvgIpc) is 2.24. The summed E-state index contributed by atoms with van der Waals surface area (Å²) in [7, 11) is 0. The van der Waals surface area contributed by atoms with Gasteiger partial charge in [0.15, 0.2) is 0 Å². The molecule has 1 rings (SSSR count). The Morgan fingerprint density at radius 2 is 2.24 bits per heavy atom. The Labute approximate surface area is 101 Å². The van der Waals surface area contributed by atoms with Gasteiger partial charge in [-0.3, -0.25) is 14.9 Å². The summed E-state index contributed by atoms with van der Waals surface area (Å²) in [6.07, 6.45) is 0. The van der Waals surface area contributed by atoms with Crippen LogP contribution in [0, 0.1) is 21.8 Å². The molecule has 0 saturated carbocycles. The van der Waals surface area contributed by atoms with Crippen LogP contribution in [0.15, 0.2) is 23.1 Å². The van der Waals surface area contributed by atoms with Gasteiger partial charge < -0.3 is 5.11 Å². The van der Waals surface area contributed by atoms with Crippen molar-refractivity contribution in [3.8, 4) is 0 Å². The van der Waals surface area contributed by atoms with Crippen LogP contribution >= 0.6 is 11.8 Å². The van der Waals surface area contributed by atoms with E-state index in [4.69, 9.17) is 5.11 Å². The molecule has 0 radical (unpaired) electrons. The van der Waals surface area contributed by atoms with Gasteiger partial charge in [-0.2, -0.15) is 0 Å². The van der Waals surface area contributed by atoms with E-state index < -0.39 is 22.6 Å². The van der Waals surface area contributed by atoms with E-state index >= 15 is 0 Å². The number of carboxylic acids is 1. The van der Waals surface area contributed by atoms with Crippen molar-refractivity contribution in [3.63, 3.8) is 0 Å². The number of rotatable bonds is 5. The highest BCUT2D eigenvalue weighted by Gasteiger charge is 2.14. The summed E-state index contributed by atoms with van der Waals surface area (Å²) in [5.41, 5.74) is -0.338. The van der Waals surface area contributed by atoms with Gasteiger partial charge in [-0.05, 0) is 6.07 Å². The third-order valence-corrected chi connectivity index (χ3v) is 3.22. The molecular weight excluding hydrogens is 249 g/mol. The van der Waals surface area contributed by atoms with Gasteiger partial charge in [-0.1, -0.05) is 6.92 Å². The summed E-state index contributed by atoms with van der Waals surface area (Å²) in [4.78, 5) is 20.7. The van der Waals surface area contributed by atoms with E-state index in [0.717, 1.165) is 23.9 Å². The first-order valence-electron chi connectivity index (χ1n) is 4.70. The normalized spacial score (nSPS) is 12.1. The molecule has 0 saturated heterocycles. The van der Waals surface area contributed by atoms with Crippen molar-refractivity contribution in [2.45, 2.75) is 11.8 Å². The highest BCUT2D eigenvalue weighted by atomic mass is 32.2. The Bertz CT molecular complexity index is 452. The number of aliphatic carboxylic acids is 1. The van der Waals surface area contributed by atoms with E-state index in [-0.39, 0.29) is 11.4 Å². The van der Waals surface area contributed by atoms with Crippen LogP contribution in [0.4, 0.5) is 10.1 Å². The van der Waals surface area contributed by atoms with Crippen LogP contribution in [-0.4, -0.2) is 21.8 Å². The molecule has 0 spiro atoms. The monoisotopic (exact) mass is 259 g/mol. The Kier molecular flexibility index (Phi) is 4.45. The summed E-state index contributed by atoms with van der Waals surface area (Å²) < 4.78 is 13.0. The number of nitro benzene ring substituents is 1. The van der Waals surface area contributed by atoms with Gasteiger partial charge in [-0.25, -0.2) is 4.39 Å². The molecule has 0 aliphatic rings. The standard InChI is InChI=1S/C10H10FNO4S/c1-6(10(13)14)5-17-9-3-7(11)2-8(4-9)12(15)16/h2-4,6H,5H2,1H3,(H,13,14). The molecule has 1 aromatic carbocycles. The van der Waals surface area contributed by atoms with E-state index in [1.807, 2.05) is 0 Å². The molecule has 1 aromatic rings. The zero-order valence-electron chi connectivity index (χ0n) is 8.92. The molecule has 0 heterocycles. The maximum Gasteiger partial charge on any atom is 0.307 e. The first kappa shape index (κ1) is 13.4. The molecule has 0 bridgehead atoms. The second-order valence-electron chi connectivity index (χ2n) is 3.45. The second-order valence-corrected chi connectivity index (χ2v) is 4.55. The first-order valence-corrected chi connectivity index (χ1v) is 5.69. The third-order valence-electron chi connectivity index (χ3n) is 1.99. The maximum atomic E-state index is 13.0. The Hall–Kier alpha value is -1.63. The molecule has 92 valence electrons. The molecule has 0 fully saturated rings. The Morgan fingerprint density at radius 3 is 2.76 bits per heavy atom. The molecule has 0 aliphatic carbocycles. The lowest BCUT2D eigenvalue weighted by atomic mass is 10.2. The summed E-state index contributed by atoms with van der Waals surface area (Å²) in [6, 6.07) is 3.19. The van der Waals surface area contributed by atoms with Crippen molar-refractivity contribution in [1.29, 1.82) is 0 Å². The molecule has 0 aliphatic heterocycles. The zero-order valence-corrected chi connectivity index (χ0v) is 9.74. The number of hydrogen-bond acceptors (Lipinski definition) is 4. The van der Waals surface area contributed by atoms with Crippen LogP contribution in [0.3, 0.4) is 0 Å². The van der Waals surface area contributed by atoms with E-state index in [1.54, 1.807) is 0 Å². The minimum absolute atomic E-state index is 0.232. The van der Waals surface area contributed by atoms with Gasteiger partial charge >= 0.3 is 5.97 Å². The number of hydrogen-bond donors (Lipinski definition) is 1. The van der Waals surface area contributed by atoms with Crippen LogP contribution in [-0.2, 0) is 4.79 Å². The fourth-order valence-corrected chi connectivity index (χ4v) is 2.01. The van der Waals surface area contributed by atoms with E-state index in [1.165, 1.54) is 13.0 Å². The van der Waals surface area contributed by atoms with Crippen molar-refractivity contribution >= 4 is 23.4 Å². The van der Waals surface area contributed by atoms with Gasteiger partial charge in [0.05, 0.1) is 16.9 Å². The van der Waals surface area contributed by atoms with Crippen LogP contribution in [0.5, 0.6) is 0 Å².